The molecule has 1 N–H and O–H groups in total. The van der Waals surface area contributed by atoms with E-state index < -0.39 is 26.6 Å². The number of halogens is 4. The first-order valence-corrected chi connectivity index (χ1v) is 7.93. The van der Waals surface area contributed by atoms with Crippen LogP contribution in [0.15, 0.2) is 41.3 Å². The summed E-state index contributed by atoms with van der Waals surface area (Å²) in [5, 5.41) is 0.644. The van der Waals surface area contributed by atoms with E-state index in [4.69, 9.17) is 23.2 Å². The van der Waals surface area contributed by atoms with Gasteiger partial charge in [0.25, 0.3) is 0 Å². The Morgan fingerprint density at radius 2 is 1.67 bits per heavy atom. The molecular formula is C13H9Cl2F2NO2S. The number of hydrogen-bond donors (Lipinski definition) is 1. The van der Waals surface area contributed by atoms with Gasteiger partial charge in [0, 0.05) is 16.6 Å². The monoisotopic (exact) mass is 351 g/mol. The van der Waals surface area contributed by atoms with Gasteiger partial charge < -0.3 is 0 Å². The van der Waals surface area contributed by atoms with E-state index >= 15 is 0 Å². The van der Waals surface area contributed by atoms with Crippen LogP contribution in [0, 0.1) is 11.6 Å². The lowest BCUT2D eigenvalue weighted by Gasteiger charge is -2.09. The smallest absolute Gasteiger partial charge is 0.207 e. The Labute approximate surface area is 130 Å². The molecule has 0 aliphatic carbocycles. The van der Waals surface area contributed by atoms with E-state index in [1.165, 1.54) is 18.2 Å². The molecule has 0 fully saturated rings. The van der Waals surface area contributed by atoms with E-state index in [1.807, 2.05) is 0 Å². The molecule has 21 heavy (non-hydrogen) atoms. The molecule has 0 radical (unpaired) electrons. The summed E-state index contributed by atoms with van der Waals surface area (Å²) in [6, 6.07) is 7.31. The zero-order chi connectivity index (χ0) is 15.6. The van der Waals surface area contributed by atoms with Gasteiger partial charge in [0.15, 0.2) is 4.90 Å². The average Bonchev–Trinajstić information content (AvgIpc) is 2.37. The molecule has 0 aliphatic heterocycles. The minimum atomic E-state index is -4.34. The van der Waals surface area contributed by atoms with Gasteiger partial charge in [-0.15, -0.1) is 0 Å². The fourth-order valence-electron chi connectivity index (χ4n) is 1.65. The third-order valence-electron chi connectivity index (χ3n) is 2.66. The second-order valence-electron chi connectivity index (χ2n) is 4.11. The molecule has 0 atom stereocenters. The molecule has 8 heteroatoms. The van der Waals surface area contributed by atoms with E-state index in [1.54, 1.807) is 0 Å². The Morgan fingerprint density at radius 3 is 2.24 bits per heavy atom. The van der Waals surface area contributed by atoms with Gasteiger partial charge in [0.05, 0.1) is 0 Å². The molecule has 2 aromatic rings. The zero-order valence-electron chi connectivity index (χ0n) is 10.4. The van der Waals surface area contributed by atoms with Crippen molar-refractivity contribution in [3.63, 3.8) is 0 Å². The van der Waals surface area contributed by atoms with E-state index in [9.17, 15) is 17.2 Å². The van der Waals surface area contributed by atoms with Crippen LogP contribution < -0.4 is 4.72 Å². The van der Waals surface area contributed by atoms with Gasteiger partial charge in [-0.05, 0) is 29.8 Å². The number of hydrogen-bond acceptors (Lipinski definition) is 2. The van der Waals surface area contributed by atoms with Gasteiger partial charge in [-0.3, -0.25) is 0 Å². The fourth-order valence-corrected chi connectivity index (χ4v) is 3.26. The second kappa shape index (κ2) is 6.27. The van der Waals surface area contributed by atoms with Crippen molar-refractivity contribution in [2.24, 2.45) is 0 Å². The van der Waals surface area contributed by atoms with Crippen molar-refractivity contribution in [2.45, 2.75) is 11.4 Å². The van der Waals surface area contributed by atoms with E-state index in [-0.39, 0.29) is 11.6 Å². The van der Waals surface area contributed by atoms with Gasteiger partial charge in [-0.2, -0.15) is 0 Å². The van der Waals surface area contributed by atoms with Crippen molar-refractivity contribution in [3.05, 3.63) is 63.6 Å². The number of nitrogens with one attached hydrogen (secondary N) is 1. The van der Waals surface area contributed by atoms with Gasteiger partial charge in [-0.1, -0.05) is 35.3 Å². The minimum Gasteiger partial charge on any atom is -0.207 e. The molecule has 0 aliphatic rings. The second-order valence-corrected chi connectivity index (χ2v) is 6.66. The molecule has 3 nitrogen and oxygen atoms in total. The maximum absolute atomic E-state index is 13.5. The third-order valence-corrected chi connectivity index (χ3v) is 4.69. The lowest BCUT2D eigenvalue weighted by atomic mass is 10.2. The third kappa shape index (κ3) is 3.71. The lowest BCUT2D eigenvalue weighted by molar-refractivity contribution is 0.514. The quantitative estimate of drug-likeness (QED) is 0.911. The van der Waals surface area contributed by atoms with Crippen LogP contribution in [0.2, 0.25) is 10.0 Å². The van der Waals surface area contributed by atoms with Crippen molar-refractivity contribution in [1.29, 1.82) is 0 Å². The van der Waals surface area contributed by atoms with Crippen LogP contribution in [-0.4, -0.2) is 8.42 Å². The Balaban J connectivity index is 2.26. The molecule has 0 saturated carbocycles. The number of rotatable bonds is 4. The summed E-state index contributed by atoms with van der Waals surface area (Å²) < 4.78 is 53.0. The summed E-state index contributed by atoms with van der Waals surface area (Å²) in [6.07, 6.45) is 0. The highest BCUT2D eigenvalue weighted by Crippen LogP contribution is 2.22. The van der Waals surface area contributed by atoms with Crippen molar-refractivity contribution in [3.8, 4) is 0 Å². The highest BCUT2D eigenvalue weighted by Gasteiger charge is 2.23. The summed E-state index contributed by atoms with van der Waals surface area (Å²) >= 11 is 11.6. The molecule has 0 aromatic heterocycles. The van der Waals surface area contributed by atoms with Crippen molar-refractivity contribution < 1.29 is 17.2 Å². The fraction of sp³-hybridized carbons (Fsp3) is 0.0769. The molecule has 0 spiro atoms. The topological polar surface area (TPSA) is 46.2 Å². The van der Waals surface area contributed by atoms with Crippen molar-refractivity contribution >= 4 is 33.2 Å². The molecule has 112 valence electrons. The van der Waals surface area contributed by atoms with E-state index in [0.717, 1.165) is 18.2 Å². The first-order valence-electron chi connectivity index (χ1n) is 5.69. The Morgan fingerprint density at radius 1 is 1.05 bits per heavy atom. The maximum atomic E-state index is 13.5. The largest absolute Gasteiger partial charge is 0.246 e. The normalized spacial score (nSPS) is 11.6. The molecular weight excluding hydrogens is 343 g/mol. The van der Waals surface area contributed by atoms with Crippen molar-refractivity contribution in [1.82, 2.24) is 4.72 Å². The predicted octanol–water partition coefficient (Wildman–Crippen LogP) is 3.75. The summed E-state index contributed by atoms with van der Waals surface area (Å²) in [5.41, 5.74) is 0.432. The van der Waals surface area contributed by atoms with E-state index in [2.05, 4.69) is 4.72 Å². The molecule has 0 saturated heterocycles. The lowest BCUT2D eigenvalue weighted by Crippen LogP contribution is -2.25. The summed E-state index contributed by atoms with van der Waals surface area (Å²) in [4.78, 5) is -1.02. The Bertz CT molecular complexity index is 761. The summed E-state index contributed by atoms with van der Waals surface area (Å²) in [5.74, 6) is -2.32. The molecule has 0 unspecified atom stereocenters. The Hall–Kier alpha value is -1.21. The summed E-state index contributed by atoms with van der Waals surface area (Å²) in [7, 11) is -4.34. The molecule has 2 rings (SSSR count). The molecule has 0 heterocycles. The molecule has 2 aromatic carbocycles. The van der Waals surface area contributed by atoms with Crippen molar-refractivity contribution in [2.75, 3.05) is 0 Å². The van der Waals surface area contributed by atoms with Crippen LogP contribution in [-0.2, 0) is 16.6 Å². The van der Waals surface area contributed by atoms with Gasteiger partial charge in [0.2, 0.25) is 10.0 Å². The average molecular weight is 352 g/mol. The SMILES string of the molecule is O=S(=O)(NCc1ccc(Cl)cc1Cl)c1c(F)cccc1F. The first-order chi connectivity index (χ1) is 9.81. The van der Waals surface area contributed by atoms with Crippen LogP contribution in [0.4, 0.5) is 8.78 Å². The van der Waals surface area contributed by atoms with Crippen LogP contribution in [0.25, 0.3) is 0 Å². The van der Waals surface area contributed by atoms with Gasteiger partial charge in [0.1, 0.15) is 11.6 Å². The summed E-state index contributed by atoms with van der Waals surface area (Å²) in [6.45, 7) is -0.216. The maximum Gasteiger partial charge on any atom is 0.246 e. The van der Waals surface area contributed by atoms with Gasteiger partial charge >= 0.3 is 0 Å². The first kappa shape index (κ1) is 16.2. The Kier molecular flexibility index (Phi) is 4.83. The number of sulfonamides is 1. The molecule has 0 amide bonds. The van der Waals surface area contributed by atoms with Crippen LogP contribution in [0.5, 0.6) is 0 Å². The van der Waals surface area contributed by atoms with Gasteiger partial charge in [-0.25, -0.2) is 21.9 Å². The zero-order valence-corrected chi connectivity index (χ0v) is 12.7. The number of benzene rings is 2. The van der Waals surface area contributed by atoms with E-state index in [0.29, 0.717) is 10.6 Å². The molecule has 0 bridgehead atoms. The van der Waals surface area contributed by atoms with Crippen LogP contribution in [0.3, 0.4) is 0 Å². The highest BCUT2D eigenvalue weighted by atomic mass is 35.5. The van der Waals surface area contributed by atoms with Crippen LogP contribution in [0.1, 0.15) is 5.56 Å². The van der Waals surface area contributed by atoms with Crippen LogP contribution >= 0.6 is 23.2 Å². The standard InChI is InChI=1S/C13H9Cl2F2NO2S/c14-9-5-4-8(10(15)6-9)7-18-21(19,20)13-11(16)2-1-3-12(13)17/h1-6,18H,7H2. The minimum absolute atomic E-state index is 0.216. The highest BCUT2D eigenvalue weighted by molar-refractivity contribution is 7.89. The predicted molar refractivity (Wildman–Crippen MR) is 76.8 cm³/mol.